The van der Waals surface area contributed by atoms with Crippen LogP contribution in [0.15, 0.2) is 71.8 Å². The van der Waals surface area contributed by atoms with Gasteiger partial charge >= 0.3 is 0 Å². The van der Waals surface area contributed by atoms with Crippen LogP contribution in [0.1, 0.15) is 28.5 Å². The molecule has 0 spiro atoms. The van der Waals surface area contributed by atoms with Crippen LogP contribution in [-0.2, 0) is 16.6 Å². The van der Waals surface area contributed by atoms with E-state index in [1.165, 1.54) is 12.1 Å². The summed E-state index contributed by atoms with van der Waals surface area (Å²) in [6, 6.07) is 16.7. The summed E-state index contributed by atoms with van der Waals surface area (Å²) in [6.45, 7) is 4.30. The zero-order valence-corrected chi connectivity index (χ0v) is 17.6. The molecule has 0 saturated heterocycles. The number of carbonyl (C=O) groups excluding carboxylic acids is 1. The first kappa shape index (κ1) is 21.3. The van der Waals surface area contributed by atoms with Crippen LogP contribution in [0.2, 0.25) is 0 Å². The van der Waals surface area contributed by atoms with Crippen molar-refractivity contribution in [3.05, 3.63) is 83.7 Å². The van der Waals surface area contributed by atoms with Gasteiger partial charge in [0.05, 0.1) is 23.6 Å². The Balaban J connectivity index is 1.83. The van der Waals surface area contributed by atoms with Crippen molar-refractivity contribution in [3.8, 4) is 5.75 Å². The second kappa shape index (κ2) is 9.41. The molecule has 0 atom stereocenters. The minimum absolute atomic E-state index is 0.0560. The molecule has 30 heavy (non-hydrogen) atoms. The molecule has 0 radical (unpaired) electrons. The van der Waals surface area contributed by atoms with Crippen molar-refractivity contribution >= 4 is 21.6 Å². The van der Waals surface area contributed by atoms with E-state index in [4.69, 9.17) is 4.74 Å². The first-order chi connectivity index (χ1) is 14.4. The van der Waals surface area contributed by atoms with Crippen LogP contribution in [0.3, 0.4) is 0 Å². The van der Waals surface area contributed by atoms with E-state index in [1.807, 2.05) is 31.2 Å². The number of rotatable bonds is 8. The normalized spacial score (nSPS) is 11.0. The highest BCUT2D eigenvalue weighted by Gasteiger charge is 2.23. The molecule has 0 unspecified atom stereocenters. The Bertz CT molecular complexity index is 1150. The van der Waals surface area contributed by atoms with Gasteiger partial charge in [0.2, 0.25) is 0 Å². The number of hydrogen-bond donors (Lipinski definition) is 2. The fourth-order valence-electron chi connectivity index (χ4n) is 2.90. The lowest BCUT2D eigenvalue weighted by Crippen LogP contribution is -2.26. The molecular weight excluding hydrogens is 402 g/mol. The first-order valence-corrected chi connectivity index (χ1v) is 10.9. The number of hydrogen-bond acceptors (Lipinski definition) is 5. The molecule has 0 aliphatic rings. The van der Waals surface area contributed by atoms with E-state index in [0.717, 1.165) is 5.56 Å². The summed E-state index contributed by atoms with van der Waals surface area (Å²) in [5, 5.41) is 2.78. The lowest BCUT2D eigenvalue weighted by Gasteiger charge is -2.14. The van der Waals surface area contributed by atoms with Gasteiger partial charge in [0.1, 0.15) is 10.6 Å². The van der Waals surface area contributed by atoms with Gasteiger partial charge < -0.3 is 10.1 Å². The van der Waals surface area contributed by atoms with Crippen LogP contribution in [0.5, 0.6) is 5.75 Å². The van der Waals surface area contributed by atoms with E-state index >= 15 is 0 Å². The number of anilines is 1. The molecule has 3 aromatic rings. The molecule has 156 valence electrons. The number of aryl methyl sites for hydroxylation is 1. The third-order valence-corrected chi connectivity index (χ3v) is 5.81. The number of pyridine rings is 1. The van der Waals surface area contributed by atoms with Crippen molar-refractivity contribution in [2.75, 3.05) is 11.3 Å². The lowest BCUT2D eigenvalue weighted by molar-refractivity contribution is 0.0947. The SMILES string of the molecule is CCOc1ccccc1CNC(=O)c1ccccc1S(=O)(=O)Nc1cccnc1C. The van der Waals surface area contributed by atoms with E-state index < -0.39 is 15.9 Å². The monoisotopic (exact) mass is 425 g/mol. The summed E-state index contributed by atoms with van der Waals surface area (Å²) < 4.78 is 34.0. The number of ether oxygens (including phenoxy) is 1. The Morgan fingerprint density at radius 2 is 1.77 bits per heavy atom. The highest BCUT2D eigenvalue weighted by atomic mass is 32.2. The average molecular weight is 426 g/mol. The number of carbonyl (C=O) groups is 1. The molecule has 1 heterocycles. The molecule has 7 nitrogen and oxygen atoms in total. The molecule has 0 aliphatic carbocycles. The fraction of sp³-hybridized carbons (Fsp3) is 0.182. The minimum Gasteiger partial charge on any atom is -0.494 e. The van der Waals surface area contributed by atoms with E-state index in [-0.39, 0.29) is 17.0 Å². The smallest absolute Gasteiger partial charge is 0.262 e. The van der Waals surface area contributed by atoms with Gasteiger partial charge in [0.25, 0.3) is 15.9 Å². The molecule has 3 rings (SSSR count). The molecule has 8 heteroatoms. The summed E-state index contributed by atoms with van der Waals surface area (Å²) in [7, 11) is -3.99. The van der Waals surface area contributed by atoms with Gasteiger partial charge in [-0.25, -0.2) is 8.42 Å². The highest BCUT2D eigenvalue weighted by molar-refractivity contribution is 7.92. The molecule has 2 N–H and O–H groups in total. The lowest BCUT2D eigenvalue weighted by atomic mass is 10.1. The van der Waals surface area contributed by atoms with Crippen LogP contribution in [0.25, 0.3) is 0 Å². The maximum atomic E-state index is 13.0. The van der Waals surface area contributed by atoms with Gasteiger partial charge in [-0.2, -0.15) is 0 Å². The van der Waals surface area contributed by atoms with Gasteiger partial charge in [0, 0.05) is 18.3 Å². The summed E-state index contributed by atoms with van der Waals surface area (Å²) >= 11 is 0. The van der Waals surface area contributed by atoms with E-state index in [1.54, 1.807) is 37.4 Å². The summed E-state index contributed by atoms with van der Waals surface area (Å²) in [6.07, 6.45) is 1.58. The third-order valence-electron chi connectivity index (χ3n) is 4.38. The number of amides is 1. The summed E-state index contributed by atoms with van der Waals surface area (Å²) in [4.78, 5) is 16.8. The number of benzene rings is 2. The van der Waals surface area contributed by atoms with Crippen molar-refractivity contribution in [2.45, 2.75) is 25.3 Å². The Labute approximate surface area is 176 Å². The summed E-state index contributed by atoms with van der Waals surface area (Å²) in [5.41, 5.74) is 1.76. The quantitative estimate of drug-likeness (QED) is 0.576. The zero-order valence-electron chi connectivity index (χ0n) is 16.8. The average Bonchev–Trinajstić information content (AvgIpc) is 2.74. The molecule has 1 aromatic heterocycles. The standard InChI is InChI=1S/C22H23N3O4S/c1-3-29-20-12-6-4-9-17(20)15-24-22(26)18-10-5-7-13-21(18)30(27,28)25-19-11-8-14-23-16(19)2/h4-14,25H,3,15H2,1-2H3,(H,24,26). The number of sulfonamides is 1. The number of nitrogens with zero attached hydrogens (tertiary/aromatic N) is 1. The van der Waals surface area contributed by atoms with Gasteiger partial charge in [-0.1, -0.05) is 30.3 Å². The van der Waals surface area contributed by atoms with Crippen molar-refractivity contribution < 1.29 is 17.9 Å². The van der Waals surface area contributed by atoms with Gasteiger partial charge in [0.15, 0.2) is 0 Å². The molecule has 0 aliphatic heterocycles. The van der Waals surface area contributed by atoms with Crippen LogP contribution < -0.4 is 14.8 Å². The third kappa shape index (κ3) is 4.96. The predicted octanol–water partition coefficient (Wildman–Crippen LogP) is 3.52. The van der Waals surface area contributed by atoms with Gasteiger partial charge in [-0.3, -0.25) is 14.5 Å². The Morgan fingerprint density at radius 1 is 1.03 bits per heavy atom. The molecule has 1 amide bonds. The van der Waals surface area contributed by atoms with Crippen molar-refractivity contribution in [1.82, 2.24) is 10.3 Å². The van der Waals surface area contributed by atoms with Crippen LogP contribution in [-0.4, -0.2) is 25.9 Å². The Hall–Kier alpha value is -3.39. The second-order valence-electron chi connectivity index (χ2n) is 6.46. The highest BCUT2D eigenvalue weighted by Crippen LogP contribution is 2.22. The van der Waals surface area contributed by atoms with Crippen molar-refractivity contribution in [1.29, 1.82) is 0 Å². The van der Waals surface area contributed by atoms with Crippen molar-refractivity contribution in [3.63, 3.8) is 0 Å². The molecule has 0 saturated carbocycles. The van der Waals surface area contributed by atoms with Gasteiger partial charge in [-0.05, 0) is 44.2 Å². The molecular formula is C22H23N3O4S. The Kier molecular flexibility index (Phi) is 6.68. The summed E-state index contributed by atoms with van der Waals surface area (Å²) in [5.74, 6) is 0.181. The minimum atomic E-state index is -3.99. The molecule has 2 aromatic carbocycles. The Morgan fingerprint density at radius 3 is 2.53 bits per heavy atom. The van der Waals surface area contributed by atoms with E-state index in [0.29, 0.717) is 23.7 Å². The van der Waals surface area contributed by atoms with Crippen LogP contribution in [0, 0.1) is 6.92 Å². The van der Waals surface area contributed by atoms with Crippen LogP contribution >= 0.6 is 0 Å². The number of para-hydroxylation sites is 1. The number of aromatic nitrogens is 1. The van der Waals surface area contributed by atoms with E-state index in [9.17, 15) is 13.2 Å². The first-order valence-electron chi connectivity index (χ1n) is 9.44. The van der Waals surface area contributed by atoms with Gasteiger partial charge in [-0.15, -0.1) is 0 Å². The van der Waals surface area contributed by atoms with E-state index in [2.05, 4.69) is 15.0 Å². The maximum absolute atomic E-state index is 13.0. The zero-order chi connectivity index (χ0) is 21.6. The molecule has 0 fully saturated rings. The number of nitrogens with one attached hydrogen (secondary N) is 2. The second-order valence-corrected chi connectivity index (χ2v) is 8.11. The molecule has 0 bridgehead atoms. The van der Waals surface area contributed by atoms with Crippen LogP contribution in [0.4, 0.5) is 5.69 Å². The predicted molar refractivity (Wildman–Crippen MR) is 115 cm³/mol. The topological polar surface area (TPSA) is 97.4 Å². The fourth-order valence-corrected chi connectivity index (χ4v) is 4.22. The largest absolute Gasteiger partial charge is 0.494 e. The maximum Gasteiger partial charge on any atom is 0.262 e. The van der Waals surface area contributed by atoms with Crippen molar-refractivity contribution in [2.24, 2.45) is 0 Å².